The maximum Gasteiger partial charge on any atom is 0.130 e. The molecule has 2 heteroatoms. The van der Waals surface area contributed by atoms with Gasteiger partial charge < -0.3 is 10.1 Å². The second-order valence-corrected chi connectivity index (χ2v) is 4.80. The van der Waals surface area contributed by atoms with E-state index in [0.29, 0.717) is 0 Å². The van der Waals surface area contributed by atoms with E-state index in [1.165, 1.54) is 11.1 Å². The smallest absolute Gasteiger partial charge is 0.130 e. The topological polar surface area (TPSA) is 21.3 Å². The number of nitrogens with one attached hydrogen (secondary N) is 1. The zero-order valence-corrected chi connectivity index (χ0v) is 11.9. The average molecular weight is 255 g/mol. The highest BCUT2D eigenvalue weighted by Crippen LogP contribution is 2.26. The van der Waals surface area contributed by atoms with Crippen LogP contribution in [0, 0.1) is 13.8 Å². The highest BCUT2D eigenvalue weighted by atomic mass is 16.5. The fraction of sp³-hybridized carbons (Fsp3) is 0.294. The van der Waals surface area contributed by atoms with Crippen LogP contribution in [0.2, 0.25) is 0 Å². The van der Waals surface area contributed by atoms with Crippen molar-refractivity contribution >= 4 is 0 Å². The van der Waals surface area contributed by atoms with Crippen molar-refractivity contribution in [1.82, 2.24) is 5.32 Å². The minimum Gasteiger partial charge on any atom is -0.457 e. The lowest BCUT2D eigenvalue weighted by Gasteiger charge is -2.10. The fourth-order valence-electron chi connectivity index (χ4n) is 2.03. The standard InChI is InChI=1S/C17H21NO/c1-4-18-12-15-6-5-7-16(11-15)19-17-9-8-13(2)10-14(17)3/h5-11,18H,4,12H2,1-3H3. The predicted octanol–water partition coefficient (Wildman–Crippen LogP) is 4.21. The van der Waals surface area contributed by atoms with Crippen molar-refractivity contribution < 1.29 is 4.74 Å². The minimum atomic E-state index is 0.876. The van der Waals surface area contributed by atoms with Gasteiger partial charge in [0.1, 0.15) is 11.5 Å². The van der Waals surface area contributed by atoms with Crippen LogP contribution in [-0.2, 0) is 6.54 Å². The molecule has 0 fully saturated rings. The molecule has 0 aliphatic carbocycles. The number of hydrogen-bond donors (Lipinski definition) is 1. The molecule has 1 N–H and O–H groups in total. The molecule has 0 atom stereocenters. The van der Waals surface area contributed by atoms with Crippen LogP contribution in [-0.4, -0.2) is 6.54 Å². The zero-order chi connectivity index (χ0) is 13.7. The summed E-state index contributed by atoms with van der Waals surface area (Å²) in [7, 11) is 0. The van der Waals surface area contributed by atoms with Crippen molar-refractivity contribution in [1.29, 1.82) is 0 Å². The van der Waals surface area contributed by atoms with E-state index in [1.807, 2.05) is 18.2 Å². The van der Waals surface area contributed by atoms with Crippen molar-refractivity contribution in [3.05, 3.63) is 59.2 Å². The van der Waals surface area contributed by atoms with Gasteiger partial charge in [-0.25, -0.2) is 0 Å². The summed E-state index contributed by atoms with van der Waals surface area (Å²) in [5.41, 5.74) is 3.66. The molecule has 0 saturated carbocycles. The summed E-state index contributed by atoms with van der Waals surface area (Å²) in [6.07, 6.45) is 0. The first-order chi connectivity index (χ1) is 9.19. The summed E-state index contributed by atoms with van der Waals surface area (Å²) in [6.45, 7) is 8.12. The summed E-state index contributed by atoms with van der Waals surface area (Å²) in [6, 6.07) is 14.5. The molecule has 0 aromatic heterocycles. The molecular formula is C17H21NO. The number of ether oxygens (including phenoxy) is 1. The first kappa shape index (κ1) is 13.6. The van der Waals surface area contributed by atoms with Gasteiger partial charge in [0.25, 0.3) is 0 Å². The molecule has 0 aliphatic heterocycles. The highest BCUT2D eigenvalue weighted by Gasteiger charge is 2.02. The summed E-state index contributed by atoms with van der Waals surface area (Å²) in [4.78, 5) is 0. The van der Waals surface area contributed by atoms with E-state index < -0.39 is 0 Å². The molecule has 100 valence electrons. The van der Waals surface area contributed by atoms with E-state index >= 15 is 0 Å². The largest absolute Gasteiger partial charge is 0.457 e. The molecule has 0 bridgehead atoms. The average Bonchev–Trinajstić information content (AvgIpc) is 2.40. The van der Waals surface area contributed by atoms with Gasteiger partial charge in [0, 0.05) is 6.54 Å². The molecule has 0 unspecified atom stereocenters. The van der Waals surface area contributed by atoms with Gasteiger partial charge in [0.15, 0.2) is 0 Å². The molecule has 2 rings (SSSR count). The van der Waals surface area contributed by atoms with E-state index in [1.54, 1.807) is 0 Å². The van der Waals surface area contributed by atoms with Crippen LogP contribution in [0.3, 0.4) is 0 Å². The lowest BCUT2D eigenvalue weighted by atomic mass is 10.1. The van der Waals surface area contributed by atoms with Gasteiger partial charge in [-0.15, -0.1) is 0 Å². The van der Waals surface area contributed by atoms with Crippen molar-refractivity contribution in [2.75, 3.05) is 6.54 Å². The van der Waals surface area contributed by atoms with Crippen molar-refractivity contribution in [2.45, 2.75) is 27.3 Å². The van der Waals surface area contributed by atoms with E-state index in [-0.39, 0.29) is 0 Å². The Balaban J connectivity index is 2.14. The maximum atomic E-state index is 5.96. The van der Waals surface area contributed by atoms with E-state index in [4.69, 9.17) is 4.74 Å². The molecule has 2 nitrogen and oxygen atoms in total. The molecule has 0 radical (unpaired) electrons. The van der Waals surface area contributed by atoms with Crippen molar-refractivity contribution in [2.24, 2.45) is 0 Å². The summed E-state index contributed by atoms with van der Waals surface area (Å²) >= 11 is 0. The Bertz CT molecular complexity index is 549. The van der Waals surface area contributed by atoms with Crippen LogP contribution in [0.4, 0.5) is 0 Å². The summed E-state index contributed by atoms with van der Waals surface area (Å²) < 4.78 is 5.96. The molecule has 0 spiro atoms. The quantitative estimate of drug-likeness (QED) is 0.864. The van der Waals surface area contributed by atoms with E-state index in [9.17, 15) is 0 Å². The van der Waals surface area contributed by atoms with Gasteiger partial charge in [0.05, 0.1) is 0 Å². The summed E-state index contributed by atoms with van der Waals surface area (Å²) in [5.74, 6) is 1.81. The zero-order valence-electron chi connectivity index (χ0n) is 11.9. The molecule has 0 amide bonds. The molecule has 19 heavy (non-hydrogen) atoms. The third kappa shape index (κ3) is 3.83. The van der Waals surface area contributed by atoms with Crippen LogP contribution in [0.15, 0.2) is 42.5 Å². The Morgan fingerprint density at radius 2 is 1.89 bits per heavy atom. The second kappa shape index (κ2) is 6.39. The Morgan fingerprint density at radius 3 is 2.63 bits per heavy atom. The second-order valence-electron chi connectivity index (χ2n) is 4.80. The van der Waals surface area contributed by atoms with E-state index in [0.717, 1.165) is 30.2 Å². The van der Waals surface area contributed by atoms with Crippen LogP contribution < -0.4 is 10.1 Å². The van der Waals surface area contributed by atoms with Gasteiger partial charge in [-0.1, -0.05) is 36.8 Å². The van der Waals surface area contributed by atoms with Gasteiger partial charge in [0.2, 0.25) is 0 Å². The monoisotopic (exact) mass is 255 g/mol. The van der Waals surface area contributed by atoms with Crippen LogP contribution in [0.1, 0.15) is 23.6 Å². The van der Waals surface area contributed by atoms with Crippen LogP contribution >= 0.6 is 0 Å². The number of hydrogen-bond acceptors (Lipinski definition) is 2. The maximum absolute atomic E-state index is 5.96. The minimum absolute atomic E-state index is 0.876. The van der Waals surface area contributed by atoms with Gasteiger partial charge >= 0.3 is 0 Å². The lowest BCUT2D eigenvalue weighted by Crippen LogP contribution is -2.11. The van der Waals surface area contributed by atoms with Gasteiger partial charge in [-0.3, -0.25) is 0 Å². The third-order valence-corrected chi connectivity index (χ3v) is 3.04. The van der Waals surface area contributed by atoms with Crippen molar-refractivity contribution in [3.8, 4) is 11.5 Å². The first-order valence-electron chi connectivity index (χ1n) is 6.74. The van der Waals surface area contributed by atoms with E-state index in [2.05, 4.69) is 50.4 Å². The van der Waals surface area contributed by atoms with Gasteiger partial charge in [-0.05, 0) is 49.7 Å². The number of aryl methyl sites for hydroxylation is 2. The fourth-order valence-corrected chi connectivity index (χ4v) is 2.03. The lowest BCUT2D eigenvalue weighted by molar-refractivity contribution is 0.477. The molecule has 2 aromatic carbocycles. The molecule has 0 aliphatic rings. The van der Waals surface area contributed by atoms with Crippen LogP contribution in [0.25, 0.3) is 0 Å². The Hall–Kier alpha value is -1.80. The Labute approximate surface area is 115 Å². The molecule has 0 heterocycles. The number of benzene rings is 2. The molecule has 0 saturated heterocycles. The highest BCUT2D eigenvalue weighted by molar-refractivity contribution is 5.40. The third-order valence-electron chi connectivity index (χ3n) is 3.04. The summed E-state index contributed by atoms with van der Waals surface area (Å²) in [5, 5.41) is 3.32. The molecular weight excluding hydrogens is 234 g/mol. The van der Waals surface area contributed by atoms with Crippen molar-refractivity contribution in [3.63, 3.8) is 0 Å². The Morgan fingerprint density at radius 1 is 1.05 bits per heavy atom. The Kier molecular flexibility index (Phi) is 4.58. The SMILES string of the molecule is CCNCc1cccc(Oc2ccc(C)cc2C)c1. The molecule has 2 aromatic rings. The van der Waals surface area contributed by atoms with Crippen LogP contribution in [0.5, 0.6) is 11.5 Å². The van der Waals surface area contributed by atoms with Gasteiger partial charge in [-0.2, -0.15) is 0 Å². The normalized spacial score (nSPS) is 10.5. The first-order valence-corrected chi connectivity index (χ1v) is 6.74. The number of rotatable bonds is 5. The predicted molar refractivity (Wildman–Crippen MR) is 79.8 cm³/mol.